The molecule has 3 unspecified atom stereocenters. The van der Waals surface area contributed by atoms with Crippen LogP contribution in [-0.2, 0) is 0 Å². The topological polar surface area (TPSA) is 15.3 Å². The molecule has 0 spiro atoms. The van der Waals surface area contributed by atoms with Gasteiger partial charge < -0.3 is 10.2 Å². The molecule has 1 heterocycles. The minimum absolute atomic E-state index is 0.768. The predicted molar refractivity (Wildman–Crippen MR) is 65.1 cm³/mol. The van der Waals surface area contributed by atoms with E-state index < -0.39 is 0 Å². The molecule has 0 radical (unpaired) electrons. The average Bonchev–Trinajstić information content (AvgIpc) is 2.65. The lowest BCUT2D eigenvalue weighted by atomic mass is 10.0. The number of rotatable bonds is 3. The smallest absolute Gasteiger partial charge is 0.0198 e. The summed E-state index contributed by atoms with van der Waals surface area (Å²) in [4.78, 5) is 2.58. The summed E-state index contributed by atoms with van der Waals surface area (Å²) < 4.78 is 0. The maximum atomic E-state index is 3.89. The maximum Gasteiger partial charge on any atom is 0.0198 e. The quantitative estimate of drug-likeness (QED) is 0.768. The number of likely N-dealkylation sites (tertiary alicyclic amines) is 1. The van der Waals surface area contributed by atoms with Crippen LogP contribution in [0, 0.1) is 5.92 Å². The Balaban J connectivity index is 1.78. The van der Waals surface area contributed by atoms with Crippen molar-refractivity contribution >= 4 is 0 Å². The molecule has 2 heteroatoms. The van der Waals surface area contributed by atoms with E-state index in [-0.39, 0.29) is 0 Å². The van der Waals surface area contributed by atoms with Gasteiger partial charge in [-0.15, -0.1) is 0 Å². The van der Waals surface area contributed by atoms with E-state index in [2.05, 4.69) is 24.1 Å². The predicted octanol–water partition coefficient (Wildman–Crippen LogP) is 2.25. The van der Waals surface area contributed by atoms with Gasteiger partial charge in [-0.2, -0.15) is 0 Å². The fraction of sp³-hybridized carbons (Fsp3) is 1.00. The van der Waals surface area contributed by atoms with E-state index in [0.717, 1.165) is 18.0 Å². The normalized spacial score (nSPS) is 38.4. The highest BCUT2D eigenvalue weighted by atomic mass is 15.2. The van der Waals surface area contributed by atoms with Crippen molar-refractivity contribution in [1.82, 2.24) is 10.2 Å². The van der Waals surface area contributed by atoms with Crippen LogP contribution in [0.25, 0.3) is 0 Å². The third-order valence-electron chi connectivity index (χ3n) is 4.26. The van der Waals surface area contributed by atoms with E-state index in [1.807, 2.05) is 0 Å². The molecule has 2 aliphatic rings. The molecule has 2 nitrogen and oxygen atoms in total. The first-order chi connectivity index (χ1) is 7.29. The zero-order chi connectivity index (χ0) is 10.7. The lowest BCUT2D eigenvalue weighted by molar-refractivity contribution is 0.185. The first-order valence-corrected chi connectivity index (χ1v) is 6.78. The Morgan fingerprint density at radius 1 is 1.20 bits per heavy atom. The summed E-state index contributed by atoms with van der Waals surface area (Å²) in [5, 5.41) is 3.89. The highest BCUT2D eigenvalue weighted by Gasteiger charge is 2.27. The van der Waals surface area contributed by atoms with Crippen molar-refractivity contribution in [2.75, 3.05) is 19.6 Å². The first-order valence-electron chi connectivity index (χ1n) is 6.78. The first kappa shape index (κ1) is 11.4. The molecule has 3 atom stereocenters. The summed E-state index contributed by atoms with van der Waals surface area (Å²) in [6, 6.07) is 1.58. The SMILES string of the molecule is CCN1CCCC(NC2CCCC2C)C1. The van der Waals surface area contributed by atoms with E-state index in [1.165, 1.54) is 51.7 Å². The summed E-state index contributed by atoms with van der Waals surface area (Å²) in [5.41, 5.74) is 0. The molecule has 2 rings (SSSR count). The van der Waals surface area contributed by atoms with Crippen LogP contribution in [0.15, 0.2) is 0 Å². The second-order valence-electron chi connectivity index (χ2n) is 5.41. The summed E-state index contributed by atoms with van der Waals surface area (Å²) in [5.74, 6) is 0.905. The fourth-order valence-electron chi connectivity index (χ4n) is 3.17. The van der Waals surface area contributed by atoms with Crippen LogP contribution in [-0.4, -0.2) is 36.6 Å². The second kappa shape index (κ2) is 5.31. The van der Waals surface area contributed by atoms with Crippen molar-refractivity contribution < 1.29 is 0 Å². The second-order valence-corrected chi connectivity index (χ2v) is 5.41. The van der Waals surface area contributed by atoms with Gasteiger partial charge in [0.15, 0.2) is 0 Å². The molecule has 2 fully saturated rings. The van der Waals surface area contributed by atoms with Crippen LogP contribution in [0.3, 0.4) is 0 Å². The van der Waals surface area contributed by atoms with Gasteiger partial charge >= 0.3 is 0 Å². The summed E-state index contributed by atoms with van der Waals surface area (Å²) >= 11 is 0. The Morgan fingerprint density at radius 2 is 2.07 bits per heavy atom. The lowest BCUT2D eigenvalue weighted by Gasteiger charge is -2.35. The number of nitrogens with one attached hydrogen (secondary N) is 1. The molecule has 88 valence electrons. The average molecular weight is 210 g/mol. The van der Waals surface area contributed by atoms with Gasteiger partial charge in [0.1, 0.15) is 0 Å². The summed E-state index contributed by atoms with van der Waals surface area (Å²) in [7, 11) is 0. The molecule has 0 aromatic heterocycles. The molecule has 0 aromatic rings. The summed E-state index contributed by atoms with van der Waals surface area (Å²) in [6.45, 7) is 8.50. The Labute approximate surface area is 94.4 Å². The Bertz CT molecular complexity index is 193. The van der Waals surface area contributed by atoms with Crippen molar-refractivity contribution in [3.8, 4) is 0 Å². The van der Waals surface area contributed by atoms with Crippen molar-refractivity contribution in [2.24, 2.45) is 5.92 Å². The van der Waals surface area contributed by atoms with Crippen molar-refractivity contribution in [2.45, 2.75) is 58.0 Å². The van der Waals surface area contributed by atoms with Gasteiger partial charge in [0.05, 0.1) is 0 Å². The molecule has 0 bridgehead atoms. The van der Waals surface area contributed by atoms with Crippen LogP contribution in [0.4, 0.5) is 0 Å². The molecule has 0 amide bonds. The van der Waals surface area contributed by atoms with Crippen molar-refractivity contribution in [3.63, 3.8) is 0 Å². The number of hydrogen-bond acceptors (Lipinski definition) is 2. The Hall–Kier alpha value is -0.0800. The van der Waals surface area contributed by atoms with E-state index in [0.29, 0.717) is 0 Å². The molecule has 1 N–H and O–H groups in total. The fourth-order valence-corrected chi connectivity index (χ4v) is 3.17. The van der Waals surface area contributed by atoms with Gasteiger partial charge in [-0.3, -0.25) is 0 Å². The molecule has 1 saturated carbocycles. The number of piperidine rings is 1. The van der Waals surface area contributed by atoms with Crippen LogP contribution in [0.2, 0.25) is 0 Å². The van der Waals surface area contributed by atoms with Gasteiger partial charge in [0.2, 0.25) is 0 Å². The standard InChI is InChI=1S/C13H26N2/c1-3-15-9-5-7-12(10-15)14-13-8-4-6-11(13)2/h11-14H,3-10H2,1-2H3. The van der Waals surface area contributed by atoms with Crippen LogP contribution in [0.1, 0.15) is 46.0 Å². The van der Waals surface area contributed by atoms with E-state index in [1.54, 1.807) is 0 Å². The molecule has 15 heavy (non-hydrogen) atoms. The minimum atomic E-state index is 0.768. The number of nitrogens with zero attached hydrogens (tertiary/aromatic N) is 1. The highest BCUT2D eigenvalue weighted by Crippen LogP contribution is 2.26. The molecule has 1 aliphatic heterocycles. The van der Waals surface area contributed by atoms with Gasteiger partial charge in [-0.05, 0) is 44.7 Å². The molecule has 1 saturated heterocycles. The largest absolute Gasteiger partial charge is 0.310 e. The van der Waals surface area contributed by atoms with Crippen LogP contribution >= 0.6 is 0 Å². The van der Waals surface area contributed by atoms with E-state index >= 15 is 0 Å². The number of hydrogen-bond donors (Lipinski definition) is 1. The number of likely N-dealkylation sites (N-methyl/N-ethyl adjacent to an activating group) is 1. The highest BCUT2D eigenvalue weighted by molar-refractivity contribution is 4.86. The monoisotopic (exact) mass is 210 g/mol. The third kappa shape index (κ3) is 2.94. The van der Waals surface area contributed by atoms with Gasteiger partial charge in [-0.1, -0.05) is 20.3 Å². The lowest BCUT2D eigenvalue weighted by Crippen LogP contribution is -2.49. The molecule has 1 aliphatic carbocycles. The van der Waals surface area contributed by atoms with Crippen molar-refractivity contribution in [3.05, 3.63) is 0 Å². The van der Waals surface area contributed by atoms with Crippen LogP contribution < -0.4 is 5.32 Å². The Kier molecular flexibility index (Phi) is 4.04. The van der Waals surface area contributed by atoms with Gasteiger partial charge in [0, 0.05) is 18.6 Å². The minimum Gasteiger partial charge on any atom is -0.310 e. The zero-order valence-electron chi connectivity index (χ0n) is 10.3. The molecular weight excluding hydrogens is 184 g/mol. The summed E-state index contributed by atoms with van der Waals surface area (Å²) in [6.07, 6.45) is 7.04. The molecule has 0 aromatic carbocycles. The van der Waals surface area contributed by atoms with Crippen molar-refractivity contribution in [1.29, 1.82) is 0 Å². The third-order valence-corrected chi connectivity index (χ3v) is 4.26. The van der Waals surface area contributed by atoms with E-state index in [4.69, 9.17) is 0 Å². The van der Waals surface area contributed by atoms with Gasteiger partial charge in [0.25, 0.3) is 0 Å². The van der Waals surface area contributed by atoms with Gasteiger partial charge in [-0.25, -0.2) is 0 Å². The van der Waals surface area contributed by atoms with Crippen LogP contribution in [0.5, 0.6) is 0 Å². The zero-order valence-corrected chi connectivity index (χ0v) is 10.3. The van der Waals surface area contributed by atoms with E-state index in [9.17, 15) is 0 Å². The Morgan fingerprint density at radius 3 is 2.73 bits per heavy atom. The molecular formula is C13H26N2. The maximum absolute atomic E-state index is 3.89.